The summed E-state index contributed by atoms with van der Waals surface area (Å²) in [7, 11) is 1.07. The van der Waals surface area contributed by atoms with E-state index < -0.39 is 12.1 Å². The number of benzene rings is 2. The first-order chi connectivity index (χ1) is 11.8. The van der Waals surface area contributed by atoms with Crippen LogP contribution in [0.1, 0.15) is 12.5 Å². The second kappa shape index (κ2) is 6.23. The minimum absolute atomic E-state index is 0.0935. The molecular weight excluding hydrogens is 333 g/mol. The Morgan fingerprint density at radius 3 is 2.44 bits per heavy atom. The zero-order valence-corrected chi connectivity index (χ0v) is 13.6. The summed E-state index contributed by atoms with van der Waals surface area (Å²) in [6.45, 7) is 2.05. The number of oxazole rings is 1. The van der Waals surface area contributed by atoms with Gasteiger partial charge in [-0.15, -0.1) is 0 Å². The molecule has 0 atom stereocenters. The molecule has 0 saturated heterocycles. The second-order valence-corrected chi connectivity index (χ2v) is 5.58. The van der Waals surface area contributed by atoms with Gasteiger partial charge in [0.2, 0.25) is 5.89 Å². The van der Waals surface area contributed by atoms with Gasteiger partial charge >= 0.3 is 12.1 Å². The number of alkyl halides is 3. The zero-order chi connectivity index (χ0) is 18.2. The van der Waals surface area contributed by atoms with Gasteiger partial charge < -0.3 is 9.32 Å². The molecule has 0 N–H and O–H groups in total. The predicted octanol–water partition coefficient (Wildman–Crippen LogP) is 4.58. The van der Waals surface area contributed by atoms with Crippen LogP contribution in [0.3, 0.4) is 0 Å². The average molecular weight is 348 g/mol. The van der Waals surface area contributed by atoms with E-state index in [9.17, 15) is 18.0 Å². The number of fused-ring (bicyclic) bond motifs is 1. The van der Waals surface area contributed by atoms with Crippen LogP contribution in [0, 0.1) is 0 Å². The molecule has 0 spiro atoms. The third-order valence-corrected chi connectivity index (χ3v) is 3.91. The standard InChI is InChI=1S/C18H15F3N2O2/c1-3-11-4-6-12(7-5-11)16-22-14-10-13(8-9-15(14)25-16)23(2)17(24)18(19,20)21/h4-10H,3H2,1-2H3. The SMILES string of the molecule is CCc1ccc(-c2nc3cc(N(C)C(=O)C(F)(F)F)ccc3o2)cc1. The highest BCUT2D eigenvalue weighted by Gasteiger charge is 2.41. The van der Waals surface area contributed by atoms with Crippen molar-refractivity contribution in [1.29, 1.82) is 0 Å². The number of aryl methyl sites for hydroxylation is 1. The molecular formula is C18H15F3N2O2. The van der Waals surface area contributed by atoms with Crippen LogP contribution in [0.4, 0.5) is 18.9 Å². The maximum absolute atomic E-state index is 12.6. The van der Waals surface area contributed by atoms with Crippen LogP contribution in [-0.2, 0) is 11.2 Å². The van der Waals surface area contributed by atoms with E-state index in [0.29, 0.717) is 21.9 Å². The van der Waals surface area contributed by atoms with Crippen molar-refractivity contribution in [2.24, 2.45) is 0 Å². The monoisotopic (exact) mass is 348 g/mol. The molecule has 1 amide bonds. The number of halogens is 3. The van der Waals surface area contributed by atoms with Gasteiger partial charge in [-0.05, 0) is 42.3 Å². The maximum atomic E-state index is 12.6. The summed E-state index contributed by atoms with van der Waals surface area (Å²) >= 11 is 0. The highest BCUT2D eigenvalue weighted by Crippen LogP contribution is 2.29. The molecule has 0 bridgehead atoms. The van der Waals surface area contributed by atoms with Gasteiger partial charge in [-0.3, -0.25) is 4.79 Å². The first-order valence-electron chi connectivity index (χ1n) is 7.64. The Bertz CT molecular complexity index is 914. The molecule has 25 heavy (non-hydrogen) atoms. The quantitative estimate of drug-likeness (QED) is 0.696. The van der Waals surface area contributed by atoms with Crippen molar-refractivity contribution < 1.29 is 22.4 Å². The number of aromatic nitrogens is 1. The van der Waals surface area contributed by atoms with E-state index in [0.717, 1.165) is 19.0 Å². The molecule has 4 nitrogen and oxygen atoms in total. The Morgan fingerprint density at radius 2 is 1.84 bits per heavy atom. The fraction of sp³-hybridized carbons (Fsp3) is 0.222. The first-order valence-corrected chi connectivity index (χ1v) is 7.64. The minimum Gasteiger partial charge on any atom is -0.436 e. The van der Waals surface area contributed by atoms with Gasteiger partial charge in [-0.2, -0.15) is 13.2 Å². The molecule has 0 fully saturated rings. The molecule has 1 aromatic heterocycles. The lowest BCUT2D eigenvalue weighted by atomic mass is 10.1. The van der Waals surface area contributed by atoms with Gasteiger partial charge in [0, 0.05) is 18.3 Å². The number of rotatable bonds is 3. The van der Waals surface area contributed by atoms with Crippen molar-refractivity contribution in [2.75, 3.05) is 11.9 Å². The maximum Gasteiger partial charge on any atom is 0.471 e. The molecule has 0 radical (unpaired) electrons. The van der Waals surface area contributed by atoms with E-state index >= 15 is 0 Å². The summed E-state index contributed by atoms with van der Waals surface area (Å²) in [6.07, 6.45) is -4.02. The van der Waals surface area contributed by atoms with E-state index in [1.54, 1.807) is 0 Å². The fourth-order valence-corrected chi connectivity index (χ4v) is 2.44. The van der Waals surface area contributed by atoms with Crippen LogP contribution in [-0.4, -0.2) is 24.1 Å². The molecule has 130 valence electrons. The predicted molar refractivity (Wildman–Crippen MR) is 88.3 cm³/mol. The molecule has 0 saturated carbocycles. The average Bonchev–Trinajstić information content (AvgIpc) is 3.02. The van der Waals surface area contributed by atoms with E-state index in [1.165, 1.54) is 23.8 Å². The van der Waals surface area contributed by atoms with Crippen LogP contribution >= 0.6 is 0 Å². The highest BCUT2D eigenvalue weighted by molar-refractivity contribution is 5.98. The number of amides is 1. The van der Waals surface area contributed by atoms with Crippen molar-refractivity contribution in [3.05, 3.63) is 48.0 Å². The molecule has 3 aromatic rings. The van der Waals surface area contributed by atoms with Gasteiger partial charge in [0.05, 0.1) is 0 Å². The number of anilines is 1. The van der Waals surface area contributed by atoms with Crippen LogP contribution in [0.2, 0.25) is 0 Å². The second-order valence-electron chi connectivity index (χ2n) is 5.58. The van der Waals surface area contributed by atoms with Gasteiger partial charge in [0.1, 0.15) is 5.52 Å². The fourth-order valence-electron chi connectivity index (χ4n) is 2.44. The van der Waals surface area contributed by atoms with Gasteiger partial charge in [0.15, 0.2) is 5.58 Å². The van der Waals surface area contributed by atoms with Crippen molar-refractivity contribution in [3.63, 3.8) is 0 Å². The number of hydrogen-bond donors (Lipinski definition) is 0. The van der Waals surface area contributed by atoms with Crippen molar-refractivity contribution in [3.8, 4) is 11.5 Å². The number of nitrogens with zero attached hydrogens (tertiary/aromatic N) is 2. The lowest BCUT2D eigenvalue weighted by Crippen LogP contribution is -2.38. The Hall–Kier alpha value is -2.83. The summed E-state index contributed by atoms with van der Waals surface area (Å²) in [5.41, 5.74) is 2.86. The highest BCUT2D eigenvalue weighted by atomic mass is 19.4. The topological polar surface area (TPSA) is 46.3 Å². The Labute approximate surface area is 141 Å². The lowest BCUT2D eigenvalue weighted by molar-refractivity contribution is -0.170. The smallest absolute Gasteiger partial charge is 0.436 e. The van der Waals surface area contributed by atoms with E-state index in [4.69, 9.17) is 4.42 Å². The molecule has 0 unspecified atom stereocenters. The van der Waals surface area contributed by atoms with Crippen LogP contribution in [0.25, 0.3) is 22.6 Å². The van der Waals surface area contributed by atoms with Crippen LogP contribution in [0.5, 0.6) is 0 Å². The van der Waals surface area contributed by atoms with Gasteiger partial charge in [-0.1, -0.05) is 19.1 Å². The molecule has 7 heteroatoms. The number of carbonyl (C=O) groups is 1. The largest absolute Gasteiger partial charge is 0.471 e. The summed E-state index contributed by atoms with van der Waals surface area (Å²) in [5.74, 6) is -1.56. The summed E-state index contributed by atoms with van der Waals surface area (Å²) < 4.78 is 43.3. The first kappa shape index (κ1) is 17.0. The van der Waals surface area contributed by atoms with E-state index in [2.05, 4.69) is 11.9 Å². The normalized spacial score (nSPS) is 11.7. The molecule has 1 heterocycles. The van der Waals surface area contributed by atoms with Crippen molar-refractivity contribution in [1.82, 2.24) is 4.98 Å². The summed E-state index contributed by atoms with van der Waals surface area (Å²) in [5, 5.41) is 0. The summed E-state index contributed by atoms with van der Waals surface area (Å²) in [4.78, 5) is 16.2. The zero-order valence-electron chi connectivity index (χ0n) is 13.6. The van der Waals surface area contributed by atoms with Crippen LogP contribution < -0.4 is 4.90 Å². The minimum atomic E-state index is -4.93. The molecule has 0 aliphatic rings. The van der Waals surface area contributed by atoms with Crippen molar-refractivity contribution in [2.45, 2.75) is 19.5 Å². The molecule has 0 aliphatic heterocycles. The van der Waals surface area contributed by atoms with Crippen LogP contribution in [0.15, 0.2) is 46.9 Å². The lowest BCUT2D eigenvalue weighted by Gasteiger charge is -2.18. The molecule has 2 aromatic carbocycles. The summed E-state index contributed by atoms with van der Waals surface area (Å²) in [6, 6.07) is 12.0. The molecule has 0 aliphatic carbocycles. The van der Waals surface area contributed by atoms with Gasteiger partial charge in [0.25, 0.3) is 0 Å². The Balaban J connectivity index is 1.95. The van der Waals surface area contributed by atoms with E-state index in [-0.39, 0.29) is 5.69 Å². The third kappa shape index (κ3) is 3.35. The number of carbonyl (C=O) groups excluding carboxylic acids is 1. The van der Waals surface area contributed by atoms with Crippen molar-refractivity contribution >= 4 is 22.7 Å². The Morgan fingerprint density at radius 1 is 1.16 bits per heavy atom. The van der Waals surface area contributed by atoms with Gasteiger partial charge in [-0.25, -0.2) is 4.98 Å². The number of hydrogen-bond acceptors (Lipinski definition) is 3. The van der Waals surface area contributed by atoms with E-state index in [1.807, 2.05) is 24.3 Å². The molecule has 3 rings (SSSR count). The third-order valence-electron chi connectivity index (χ3n) is 3.91. The Kier molecular flexibility index (Phi) is 4.24.